The molecule has 0 atom stereocenters. The van der Waals surface area contributed by atoms with Crippen molar-refractivity contribution < 1.29 is 19.2 Å². The minimum Gasteiger partial charge on any atom is -0.497 e. The molecule has 2 aromatic rings. The zero-order chi connectivity index (χ0) is 15.4. The summed E-state index contributed by atoms with van der Waals surface area (Å²) in [5.74, 6) is 0.342. The van der Waals surface area contributed by atoms with Gasteiger partial charge in [-0.1, -0.05) is 6.07 Å². The largest absolute Gasteiger partial charge is 0.497 e. The lowest BCUT2D eigenvalue weighted by atomic mass is 10.1. The second kappa shape index (κ2) is 6.04. The second-order valence-corrected chi connectivity index (χ2v) is 4.27. The predicted molar refractivity (Wildman–Crippen MR) is 75.8 cm³/mol. The fourth-order valence-corrected chi connectivity index (χ4v) is 1.85. The Morgan fingerprint density at radius 1 is 1.10 bits per heavy atom. The fraction of sp³-hybridized carbons (Fsp3) is 0.133. The average molecular weight is 287 g/mol. The number of rotatable bonds is 4. The smallest absolute Gasteiger partial charge is 0.344 e. The number of carbonyl (C=O) groups is 1. The quantitative estimate of drug-likeness (QED) is 0.373. The summed E-state index contributed by atoms with van der Waals surface area (Å²) in [4.78, 5) is 22.4. The van der Waals surface area contributed by atoms with Crippen LogP contribution in [0.15, 0.2) is 42.5 Å². The molecule has 0 saturated carbocycles. The zero-order valence-corrected chi connectivity index (χ0v) is 11.5. The van der Waals surface area contributed by atoms with Crippen molar-refractivity contribution in [3.05, 3.63) is 63.7 Å². The van der Waals surface area contributed by atoms with Gasteiger partial charge in [-0.3, -0.25) is 10.1 Å². The van der Waals surface area contributed by atoms with Crippen molar-refractivity contribution in [3.8, 4) is 11.5 Å². The zero-order valence-electron chi connectivity index (χ0n) is 11.5. The van der Waals surface area contributed by atoms with Gasteiger partial charge in [0, 0.05) is 11.6 Å². The highest BCUT2D eigenvalue weighted by molar-refractivity contribution is 5.93. The normalized spacial score (nSPS) is 10.0. The lowest BCUT2D eigenvalue weighted by Gasteiger charge is -2.07. The molecule has 0 saturated heterocycles. The Labute approximate surface area is 121 Å². The van der Waals surface area contributed by atoms with E-state index in [4.69, 9.17) is 9.47 Å². The van der Waals surface area contributed by atoms with E-state index in [0.29, 0.717) is 11.5 Å². The van der Waals surface area contributed by atoms with Gasteiger partial charge in [-0.05, 0) is 37.3 Å². The molecule has 0 radical (unpaired) electrons. The summed E-state index contributed by atoms with van der Waals surface area (Å²) in [6, 6.07) is 10.8. The van der Waals surface area contributed by atoms with Crippen molar-refractivity contribution >= 4 is 11.7 Å². The van der Waals surface area contributed by atoms with Gasteiger partial charge < -0.3 is 9.47 Å². The summed E-state index contributed by atoms with van der Waals surface area (Å²) in [6.07, 6.45) is 0. The number of nitro benzene ring substituents is 1. The number of carbonyl (C=O) groups excluding carboxylic acids is 1. The lowest BCUT2D eigenvalue weighted by Crippen LogP contribution is -2.11. The molecule has 0 aliphatic heterocycles. The molecule has 0 N–H and O–H groups in total. The summed E-state index contributed by atoms with van der Waals surface area (Å²) in [5, 5.41) is 10.9. The van der Waals surface area contributed by atoms with E-state index in [1.54, 1.807) is 24.3 Å². The molecule has 0 bridgehead atoms. The van der Waals surface area contributed by atoms with E-state index in [-0.39, 0.29) is 16.8 Å². The third-order valence-corrected chi connectivity index (χ3v) is 2.99. The summed E-state index contributed by atoms with van der Waals surface area (Å²) < 4.78 is 10.2. The highest BCUT2D eigenvalue weighted by Gasteiger charge is 2.19. The number of hydrogen-bond donors (Lipinski definition) is 0. The topological polar surface area (TPSA) is 78.7 Å². The summed E-state index contributed by atoms with van der Waals surface area (Å²) in [7, 11) is 1.54. The van der Waals surface area contributed by atoms with Crippen LogP contribution in [0.1, 0.15) is 15.9 Å². The van der Waals surface area contributed by atoms with E-state index in [9.17, 15) is 14.9 Å². The number of benzene rings is 2. The maximum absolute atomic E-state index is 12.1. The summed E-state index contributed by atoms with van der Waals surface area (Å²) in [5.41, 5.74) is 0.334. The maximum Gasteiger partial charge on any atom is 0.344 e. The molecular weight excluding hydrogens is 274 g/mol. The number of hydrogen-bond acceptors (Lipinski definition) is 5. The highest BCUT2D eigenvalue weighted by atomic mass is 16.6. The molecule has 0 spiro atoms. The van der Waals surface area contributed by atoms with Crippen LogP contribution in [0.3, 0.4) is 0 Å². The third-order valence-electron chi connectivity index (χ3n) is 2.99. The molecule has 0 aliphatic rings. The first-order valence-electron chi connectivity index (χ1n) is 6.13. The Hall–Kier alpha value is -2.89. The van der Waals surface area contributed by atoms with Crippen LogP contribution in [0.25, 0.3) is 0 Å². The van der Waals surface area contributed by atoms with Crippen LogP contribution in [0.5, 0.6) is 11.5 Å². The van der Waals surface area contributed by atoms with Crippen LogP contribution in [-0.2, 0) is 0 Å². The molecule has 2 rings (SSSR count). The maximum atomic E-state index is 12.1. The molecule has 21 heavy (non-hydrogen) atoms. The fourth-order valence-electron chi connectivity index (χ4n) is 1.85. The van der Waals surface area contributed by atoms with Crippen LogP contribution in [-0.4, -0.2) is 18.0 Å². The monoisotopic (exact) mass is 287 g/mol. The number of esters is 1. The first-order valence-corrected chi connectivity index (χ1v) is 6.13. The average Bonchev–Trinajstić information content (AvgIpc) is 2.47. The van der Waals surface area contributed by atoms with Gasteiger partial charge in [-0.15, -0.1) is 0 Å². The lowest BCUT2D eigenvalue weighted by molar-refractivity contribution is -0.385. The summed E-state index contributed by atoms with van der Waals surface area (Å²) in [6.45, 7) is 1.52. The molecule has 6 heteroatoms. The highest BCUT2D eigenvalue weighted by Crippen LogP contribution is 2.23. The van der Waals surface area contributed by atoms with Gasteiger partial charge in [0.25, 0.3) is 5.69 Å². The van der Waals surface area contributed by atoms with E-state index in [1.165, 1.54) is 32.2 Å². The van der Waals surface area contributed by atoms with Crippen molar-refractivity contribution in [2.45, 2.75) is 6.92 Å². The van der Waals surface area contributed by atoms with E-state index in [0.717, 1.165) is 0 Å². The van der Waals surface area contributed by atoms with Gasteiger partial charge in [0.05, 0.1) is 17.6 Å². The summed E-state index contributed by atoms with van der Waals surface area (Å²) >= 11 is 0. The Balaban J connectivity index is 2.24. The third kappa shape index (κ3) is 3.17. The van der Waals surface area contributed by atoms with Gasteiger partial charge in [0.2, 0.25) is 0 Å². The minimum absolute atomic E-state index is 0.112. The molecule has 0 fully saturated rings. The van der Waals surface area contributed by atoms with Crippen LogP contribution in [0.4, 0.5) is 5.69 Å². The predicted octanol–water partition coefficient (Wildman–Crippen LogP) is 3.13. The Morgan fingerprint density at radius 3 is 2.29 bits per heavy atom. The van der Waals surface area contributed by atoms with Gasteiger partial charge in [-0.2, -0.15) is 0 Å². The van der Waals surface area contributed by atoms with E-state index < -0.39 is 10.9 Å². The van der Waals surface area contributed by atoms with Crippen molar-refractivity contribution in [1.29, 1.82) is 0 Å². The Morgan fingerprint density at radius 2 is 1.71 bits per heavy atom. The van der Waals surface area contributed by atoms with E-state index in [2.05, 4.69) is 0 Å². The molecule has 0 aromatic heterocycles. The molecule has 0 amide bonds. The molecule has 108 valence electrons. The number of nitro groups is 1. The molecule has 0 unspecified atom stereocenters. The SMILES string of the molecule is COc1ccc(OC(=O)c2cccc([N+](=O)[O-])c2C)cc1. The Bertz CT molecular complexity index is 679. The number of methoxy groups -OCH3 is 1. The van der Waals surface area contributed by atoms with E-state index >= 15 is 0 Å². The molecule has 2 aromatic carbocycles. The standard InChI is InChI=1S/C15H13NO5/c1-10-13(4-3-5-14(10)16(18)19)15(17)21-12-8-6-11(20-2)7-9-12/h3-9H,1-2H3. The van der Waals surface area contributed by atoms with Crippen molar-refractivity contribution in [2.24, 2.45) is 0 Å². The van der Waals surface area contributed by atoms with Gasteiger partial charge in [-0.25, -0.2) is 4.79 Å². The van der Waals surface area contributed by atoms with Gasteiger partial charge in [0.1, 0.15) is 11.5 Å². The second-order valence-electron chi connectivity index (χ2n) is 4.27. The first-order chi connectivity index (χ1) is 10.0. The van der Waals surface area contributed by atoms with Crippen molar-refractivity contribution in [1.82, 2.24) is 0 Å². The molecule has 6 nitrogen and oxygen atoms in total. The van der Waals surface area contributed by atoms with Crippen LogP contribution >= 0.6 is 0 Å². The van der Waals surface area contributed by atoms with Crippen LogP contribution < -0.4 is 9.47 Å². The van der Waals surface area contributed by atoms with Crippen molar-refractivity contribution in [3.63, 3.8) is 0 Å². The first kappa shape index (κ1) is 14.5. The minimum atomic E-state index is -0.638. The van der Waals surface area contributed by atoms with Crippen LogP contribution in [0.2, 0.25) is 0 Å². The van der Waals surface area contributed by atoms with Crippen LogP contribution in [0, 0.1) is 17.0 Å². The number of ether oxygens (including phenoxy) is 2. The molecule has 0 heterocycles. The van der Waals surface area contributed by atoms with Gasteiger partial charge >= 0.3 is 5.97 Å². The Kier molecular flexibility index (Phi) is 4.18. The molecule has 0 aliphatic carbocycles. The molecular formula is C15H13NO5. The van der Waals surface area contributed by atoms with E-state index in [1.807, 2.05) is 0 Å². The number of nitrogens with zero attached hydrogens (tertiary/aromatic N) is 1. The van der Waals surface area contributed by atoms with Crippen molar-refractivity contribution in [2.75, 3.05) is 7.11 Å². The van der Waals surface area contributed by atoms with Gasteiger partial charge in [0.15, 0.2) is 0 Å².